The van der Waals surface area contributed by atoms with E-state index in [4.69, 9.17) is 10.5 Å². The minimum Gasteiger partial charge on any atom is -0.368 e. The molecular weight excluding hydrogens is 228 g/mol. The summed E-state index contributed by atoms with van der Waals surface area (Å²) in [7, 11) is 0. The first-order valence-electron chi connectivity index (χ1n) is 6.89. The molecule has 0 bridgehead atoms. The highest BCUT2D eigenvalue weighted by molar-refractivity contribution is 5.22. The molecule has 1 aromatic heterocycles. The molecule has 2 N–H and O–H groups in total. The van der Waals surface area contributed by atoms with Crippen molar-refractivity contribution in [3.8, 4) is 0 Å². The van der Waals surface area contributed by atoms with Crippen molar-refractivity contribution in [2.45, 2.75) is 57.0 Å². The maximum atomic E-state index is 5.98. The van der Waals surface area contributed by atoms with Gasteiger partial charge >= 0.3 is 0 Å². The lowest BCUT2D eigenvalue weighted by atomic mass is 10.0. The highest BCUT2D eigenvalue weighted by atomic mass is 16.5. The van der Waals surface area contributed by atoms with Crippen molar-refractivity contribution in [2.75, 3.05) is 12.3 Å². The van der Waals surface area contributed by atoms with Crippen molar-refractivity contribution >= 4 is 5.95 Å². The summed E-state index contributed by atoms with van der Waals surface area (Å²) in [4.78, 5) is 13.2. The average Bonchev–Trinajstić information content (AvgIpc) is 3.10. The zero-order chi connectivity index (χ0) is 12.6. The van der Waals surface area contributed by atoms with Gasteiger partial charge in [-0.15, -0.1) is 0 Å². The summed E-state index contributed by atoms with van der Waals surface area (Å²) >= 11 is 0. The molecule has 0 saturated heterocycles. The van der Waals surface area contributed by atoms with Crippen LogP contribution in [0.5, 0.6) is 0 Å². The summed E-state index contributed by atoms with van der Waals surface area (Å²) in [6.45, 7) is 2.71. The van der Waals surface area contributed by atoms with Crippen LogP contribution in [-0.2, 0) is 10.3 Å². The quantitative estimate of drug-likeness (QED) is 0.883. The van der Waals surface area contributed by atoms with Crippen LogP contribution in [0.4, 0.5) is 5.95 Å². The van der Waals surface area contributed by atoms with Gasteiger partial charge in [-0.25, -0.2) is 4.98 Å². The molecule has 2 saturated carbocycles. The number of nitrogens with zero attached hydrogens (tertiary/aromatic N) is 3. The lowest BCUT2D eigenvalue weighted by Gasteiger charge is -2.27. The van der Waals surface area contributed by atoms with E-state index in [0.29, 0.717) is 18.5 Å². The van der Waals surface area contributed by atoms with Gasteiger partial charge in [0.15, 0.2) is 5.82 Å². The average molecular weight is 248 g/mol. The molecule has 0 aromatic carbocycles. The number of hydrogen-bond donors (Lipinski definition) is 1. The van der Waals surface area contributed by atoms with Crippen LogP contribution in [0.25, 0.3) is 0 Å². The first kappa shape index (κ1) is 11.8. The molecule has 0 spiro atoms. The number of ether oxygens (including phenoxy) is 1. The molecule has 1 aromatic rings. The van der Waals surface area contributed by atoms with E-state index in [-0.39, 0.29) is 5.60 Å². The SMILES string of the molecule is CCOC1(c2nc(N)nc(C3CC3)n2)CCCC1. The van der Waals surface area contributed by atoms with E-state index in [1.54, 1.807) is 0 Å². The van der Waals surface area contributed by atoms with E-state index in [9.17, 15) is 0 Å². The number of hydrogen-bond acceptors (Lipinski definition) is 5. The molecule has 3 rings (SSSR count). The monoisotopic (exact) mass is 248 g/mol. The van der Waals surface area contributed by atoms with Gasteiger partial charge in [0.2, 0.25) is 5.95 Å². The first-order valence-corrected chi connectivity index (χ1v) is 6.89. The highest BCUT2D eigenvalue weighted by Crippen LogP contribution is 2.43. The van der Waals surface area contributed by atoms with Crippen molar-refractivity contribution in [3.05, 3.63) is 11.6 Å². The van der Waals surface area contributed by atoms with E-state index in [1.807, 2.05) is 6.92 Å². The maximum absolute atomic E-state index is 5.98. The van der Waals surface area contributed by atoms with Gasteiger partial charge in [-0.05, 0) is 45.4 Å². The molecule has 1 heterocycles. The Morgan fingerprint density at radius 2 is 1.94 bits per heavy atom. The molecule has 0 unspecified atom stereocenters. The molecule has 2 aliphatic carbocycles. The van der Waals surface area contributed by atoms with Gasteiger partial charge in [-0.1, -0.05) is 0 Å². The van der Waals surface area contributed by atoms with Crippen LogP contribution in [0.15, 0.2) is 0 Å². The summed E-state index contributed by atoms with van der Waals surface area (Å²) in [5, 5.41) is 0. The Kier molecular flexibility index (Phi) is 2.93. The van der Waals surface area contributed by atoms with Gasteiger partial charge in [0.05, 0.1) is 0 Å². The van der Waals surface area contributed by atoms with Gasteiger partial charge in [0.25, 0.3) is 0 Å². The third-order valence-corrected chi connectivity index (χ3v) is 3.85. The second-order valence-electron chi connectivity index (χ2n) is 5.28. The molecule has 5 nitrogen and oxygen atoms in total. The summed E-state index contributed by atoms with van der Waals surface area (Å²) in [5.41, 5.74) is 5.52. The Bertz CT molecular complexity index is 439. The van der Waals surface area contributed by atoms with Gasteiger partial charge in [0, 0.05) is 12.5 Å². The minimum absolute atomic E-state index is 0.310. The largest absolute Gasteiger partial charge is 0.368 e. The van der Waals surface area contributed by atoms with Gasteiger partial charge in [-0.3, -0.25) is 0 Å². The maximum Gasteiger partial charge on any atom is 0.223 e. The Labute approximate surface area is 107 Å². The molecule has 0 atom stereocenters. The first-order chi connectivity index (χ1) is 8.73. The molecule has 98 valence electrons. The lowest BCUT2D eigenvalue weighted by molar-refractivity contribution is -0.0459. The van der Waals surface area contributed by atoms with Crippen LogP contribution in [0.3, 0.4) is 0 Å². The second kappa shape index (κ2) is 4.46. The van der Waals surface area contributed by atoms with Crippen molar-refractivity contribution in [3.63, 3.8) is 0 Å². The standard InChI is InChI=1S/C13H20N4O/c1-2-18-13(7-3-4-8-13)11-15-10(9-5-6-9)16-12(14)17-11/h9H,2-8H2,1H3,(H2,14,15,16,17). The second-order valence-corrected chi connectivity index (χ2v) is 5.28. The summed E-state index contributed by atoms with van der Waals surface area (Å²) in [6, 6.07) is 0. The minimum atomic E-state index is -0.310. The van der Waals surface area contributed by atoms with Crippen LogP contribution >= 0.6 is 0 Å². The predicted molar refractivity (Wildman–Crippen MR) is 68.0 cm³/mol. The van der Waals surface area contributed by atoms with Gasteiger partial charge in [-0.2, -0.15) is 9.97 Å². The lowest BCUT2D eigenvalue weighted by Crippen LogP contribution is -2.30. The van der Waals surface area contributed by atoms with Crippen molar-refractivity contribution < 1.29 is 4.74 Å². The van der Waals surface area contributed by atoms with E-state index in [0.717, 1.165) is 24.5 Å². The van der Waals surface area contributed by atoms with Crippen molar-refractivity contribution in [1.82, 2.24) is 15.0 Å². The Hall–Kier alpha value is -1.23. The number of nitrogen functional groups attached to an aromatic ring is 1. The van der Waals surface area contributed by atoms with Crippen molar-refractivity contribution in [1.29, 1.82) is 0 Å². The van der Waals surface area contributed by atoms with Crippen LogP contribution in [0, 0.1) is 0 Å². The van der Waals surface area contributed by atoms with Crippen LogP contribution in [0.1, 0.15) is 63.0 Å². The zero-order valence-corrected chi connectivity index (χ0v) is 10.9. The molecule has 18 heavy (non-hydrogen) atoms. The summed E-state index contributed by atoms with van der Waals surface area (Å²) in [5.74, 6) is 2.46. The normalized spacial score (nSPS) is 22.3. The molecule has 0 amide bonds. The fourth-order valence-corrected chi connectivity index (χ4v) is 2.79. The van der Waals surface area contributed by atoms with E-state index in [1.165, 1.54) is 25.7 Å². The van der Waals surface area contributed by atoms with E-state index >= 15 is 0 Å². The topological polar surface area (TPSA) is 73.9 Å². The molecule has 0 radical (unpaired) electrons. The number of aromatic nitrogens is 3. The van der Waals surface area contributed by atoms with Gasteiger partial charge in [0.1, 0.15) is 11.4 Å². The summed E-state index contributed by atoms with van der Waals surface area (Å²) < 4.78 is 5.98. The highest BCUT2D eigenvalue weighted by Gasteiger charge is 2.40. The fourth-order valence-electron chi connectivity index (χ4n) is 2.79. The molecule has 2 fully saturated rings. The third kappa shape index (κ3) is 2.07. The number of rotatable bonds is 4. The van der Waals surface area contributed by atoms with E-state index < -0.39 is 0 Å². The Morgan fingerprint density at radius 1 is 1.22 bits per heavy atom. The molecule has 0 aliphatic heterocycles. The van der Waals surface area contributed by atoms with Gasteiger partial charge < -0.3 is 10.5 Å². The van der Waals surface area contributed by atoms with E-state index in [2.05, 4.69) is 15.0 Å². The Morgan fingerprint density at radius 3 is 2.56 bits per heavy atom. The number of nitrogens with two attached hydrogens (primary N) is 1. The van der Waals surface area contributed by atoms with Crippen LogP contribution < -0.4 is 5.73 Å². The molecular formula is C13H20N4O. The fraction of sp³-hybridized carbons (Fsp3) is 0.769. The summed E-state index contributed by atoms with van der Waals surface area (Å²) in [6.07, 6.45) is 6.67. The molecule has 5 heteroatoms. The Balaban J connectivity index is 1.97. The zero-order valence-electron chi connectivity index (χ0n) is 10.9. The smallest absolute Gasteiger partial charge is 0.223 e. The van der Waals surface area contributed by atoms with Crippen molar-refractivity contribution in [2.24, 2.45) is 0 Å². The van der Waals surface area contributed by atoms with Crippen LogP contribution in [0.2, 0.25) is 0 Å². The number of anilines is 1. The predicted octanol–water partition coefficient (Wildman–Crippen LogP) is 2.14. The third-order valence-electron chi connectivity index (χ3n) is 3.85. The molecule has 2 aliphatic rings. The van der Waals surface area contributed by atoms with Crippen LogP contribution in [-0.4, -0.2) is 21.6 Å².